The molecule has 1 aromatic carbocycles. The van der Waals surface area contributed by atoms with Crippen molar-refractivity contribution in [1.29, 1.82) is 0 Å². The molecule has 7 saturated heterocycles. The van der Waals surface area contributed by atoms with Gasteiger partial charge in [-0.05, 0) is 84.5 Å². The van der Waals surface area contributed by atoms with E-state index in [0.717, 1.165) is 31.2 Å². The summed E-state index contributed by atoms with van der Waals surface area (Å²) in [5.74, 6) is -0.332. The van der Waals surface area contributed by atoms with E-state index in [4.69, 9.17) is 51.2 Å². The zero-order chi connectivity index (χ0) is 53.6. The average Bonchev–Trinajstić information content (AvgIpc) is 3.65. The largest absolute Gasteiger partial charge is 0.411 e. The minimum atomic E-state index is -2.44. The fourth-order valence-electron chi connectivity index (χ4n) is 14.2. The van der Waals surface area contributed by atoms with E-state index < -0.39 is 42.6 Å². The van der Waals surface area contributed by atoms with Crippen molar-refractivity contribution in [2.75, 3.05) is 13.2 Å². The molecular weight excluding hydrogens is 969 g/mol. The van der Waals surface area contributed by atoms with Gasteiger partial charge in [-0.1, -0.05) is 141 Å². The lowest BCUT2D eigenvalue weighted by molar-refractivity contribution is -0.339. The molecule has 0 aliphatic carbocycles. The van der Waals surface area contributed by atoms with Crippen LogP contribution < -0.4 is 0 Å². The van der Waals surface area contributed by atoms with Gasteiger partial charge in [-0.3, -0.25) is 0 Å². The minimum absolute atomic E-state index is 0.00267. The van der Waals surface area contributed by atoms with Gasteiger partial charge in [0.05, 0.1) is 80.4 Å². The average molecular weight is 1070 g/mol. The van der Waals surface area contributed by atoms with E-state index in [1.165, 1.54) is 0 Å². The van der Waals surface area contributed by atoms with E-state index in [2.05, 4.69) is 156 Å². The number of hydrogen-bond donors (Lipinski definition) is 0. The summed E-state index contributed by atoms with van der Waals surface area (Å²) in [6.45, 7) is 50.4. The highest BCUT2D eigenvalue weighted by Gasteiger charge is 2.64. The van der Waals surface area contributed by atoms with Crippen molar-refractivity contribution < 1.29 is 51.2 Å². The lowest BCUT2D eigenvalue weighted by Gasteiger charge is -2.56. The maximum absolute atomic E-state index is 8.06. The molecule has 11 nitrogen and oxygen atoms in total. The number of ether oxygens (including phenoxy) is 8. The molecule has 7 aliphatic heterocycles. The van der Waals surface area contributed by atoms with E-state index in [1.807, 2.05) is 18.2 Å². The number of hydrogen-bond acceptors (Lipinski definition) is 11. The Balaban J connectivity index is 1.11. The lowest BCUT2D eigenvalue weighted by Crippen LogP contribution is -2.66. The summed E-state index contributed by atoms with van der Waals surface area (Å²) < 4.78 is 81.0. The van der Waals surface area contributed by atoms with Gasteiger partial charge in [0.25, 0.3) is 0 Å². The summed E-state index contributed by atoms with van der Waals surface area (Å²) in [5, 5.41) is 0.0881. The summed E-state index contributed by atoms with van der Waals surface area (Å²) in [6, 6.07) is 10.3. The Kier molecular flexibility index (Phi) is 17.2. The van der Waals surface area contributed by atoms with Gasteiger partial charge < -0.3 is 51.2 Å². The van der Waals surface area contributed by atoms with Gasteiger partial charge in [-0.2, -0.15) is 0 Å². The van der Waals surface area contributed by atoms with Crippen molar-refractivity contribution in [3.05, 3.63) is 35.9 Å². The summed E-state index contributed by atoms with van der Waals surface area (Å²) in [4.78, 5) is 0. The van der Waals surface area contributed by atoms with Crippen LogP contribution in [0.5, 0.6) is 0 Å². The quantitative estimate of drug-likeness (QED) is 0.198. The fraction of sp³-hybridized carbons (Fsp3) is 0.898. The highest BCUT2D eigenvalue weighted by atomic mass is 28.4. The molecule has 2 unspecified atom stereocenters. The van der Waals surface area contributed by atoms with E-state index in [1.54, 1.807) is 0 Å². The van der Waals surface area contributed by atoms with Crippen LogP contribution in [0.25, 0.3) is 0 Å². The first-order valence-corrected chi connectivity index (χ1v) is 37.1. The van der Waals surface area contributed by atoms with Crippen LogP contribution in [0.15, 0.2) is 30.3 Å². The van der Waals surface area contributed by atoms with Gasteiger partial charge in [-0.25, -0.2) is 0 Å². The predicted octanol–water partition coefficient (Wildman–Crippen LogP) is 13.9. The first-order chi connectivity index (χ1) is 33.8. The van der Waals surface area contributed by atoms with E-state index in [9.17, 15) is 0 Å². The van der Waals surface area contributed by atoms with Gasteiger partial charge in [0.15, 0.2) is 28.7 Å². The molecule has 19 atom stereocenters. The SMILES string of the molecule is CC1C[C@@H]2O[C@@H]3[C@@H](C)[C@H](O[Si](C(C)C)(C(C)C)C(C)C)[C@@H]4O[C@]5(C[C@H](O[Si](C)(C)C(C)(C)C)CO5)[C@@H](C)[C@H](C)[C@H]4O[C@H]3C[C@H]2O[C@H]2C[C@@H](O[Si](C)(C)C(C)(C)C)[C@](C)([C@H]3CCOC(c4ccccc4)O3)O[C@@H]2C1. The maximum atomic E-state index is 8.06. The molecule has 7 heterocycles. The van der Waals surface area contributed by atoms with Crippen molar-refractivity contribution in [2.24, 2.45) is 23.7 Å². The van der Waals surface area contributed by atoms with Crippen LogP contribution in [0, 0.1) is 23.7 Å². The fourth-order valence-corrected chi connectivity index (χ4v) is 22.6. The molecular formula is C59H104O11Si3. The summed E-state index contributed by atoms with van der Waals surface area (Å²) in [5.41, 5.74) is 1.49. The highest BCUT2D eigenvalue weighted by Crippen LogP contribution is 2.55. The lowest BCUT2D eigenvalue weighted by atomic mass is 9.75. The Morgan fingerprint density at radius 2 is 1.19 bits per heavy atom. The number of benzene rings is 1. The van der Waals surface area contributed by atoms with Crippen LogP contribution in [0.4, 0.5) is 0 Å². The van der Waals surface area contributed by atoms with E-state index in [0.29, 0.717) is 48.6 Å². The van der Waals surface area contributed by atoms with Crippen LogP contribution in [0.3, 0.4) is 0 Å². The zero-order valence-corrected chi connectivity index (χ0v) is 52.6. The third-order valence-electron chi connectivity index (χ3n) is 20.7. The van der Waals surface area contributed by atoms with Crippen molar-refractivity contribution in [3.63, 3.8) is 0 Å². The maximum Gasteiger partial charge on any atom is 0.200 e. The molecule has 0 aromatic heterocycles. The summed E-state index contributed by atoms with van der Waals surface area (Å²) in [7, 11) is -6.81. The molecule has 73 heavy (non-hydrogen) atoms. The molecule has 0 N–H and O–H groups in total. The number of fused-ring (bicyclic) bond motifs is 4. The molecule has 7 aliphatic rings. The summed E-state index contributed by atoms with van der Waals surface area (Å²) >= 11 is 0. The molecule has 14 heteroatoms. The van der Waals surface area contributed by atoms with Crippen LogP contribution in [0.1, 0.15) is 168 Å². The van der Waals surface area contributed by atoms with Crippen molar-refractivity contribution in [3.8, 4) is 0 Å². The third-order valence-corrected chi connectivity index (χ3v) is 35.8. The molecule has 7 fully saturated rings. The second kappa shape index (κ2) is 21.5. The van der Waals surface area contributed by atoms with Crippen LogP contribution in [-0.4, -0.2) is 123 Å². The first kappa shape index (κ1) is 58.6. The second-order valence-corrected chi connectivity index (χ2v) is 43.5. The zero-order valence-electron chi connectivity index (χ0n) is 49.6. The molecule has 0 radical (unpaired) electrons. The van der Waals surface area contributed by atoms with Crippen molar-refractivity contribution in [2.45, 2.75) is 300 Å². The highest BCUT2D eigenvalue weighted by molar-refractivity contribution is 6.77. The van der Waals surface area contributed by atoms with E-state index >= 15 is 0 Å². The number of rotatable bonds is 11. The van der Waals surface area contributed by atoms with Gasteiger partial charge in [0.2, 0.25) is 8.32 Å². The smallest absolute Gasteiger partial charge is 0.200 e. The first-order valence-electron chi connectivity index (χ1n) is 29.2. The van der Waals surface area contributed by atoms with Crippen LogP contribution in [-0.2, 0) is 51.2 Å². The second-order valence-electron chi connectivity index (χ2n) is 28.6. The molecule has 0 saturated carbocycles. The Morgan fingerprint density at radius 3 is 1.81 bits per heavy atom. The Morgan fingerprint density at radius 1 is 0.616 bits per heavy atom. The van der Waals surface area contributed by atoms with Crippen molar-refractivity contribution >= 4 is 25.0 Å². The molecule has 418 valence electrons. The topological polar surface area (TPSA) is 102 Å². The Hall–Kier alpha value is -0.569. The molecule has 0 amide bonds. The monoisotopic (exact) mass is 1070 g/mol. The summed E-state index contributed by atoms with van der Waals surface area (Å²) in [6.07, 6.45) is 1.73. The van der Waals surface area contributed by atoms with Gasteiger partial charge >= 0.3 is 0 Å². The molecule has 0 bridgehead atoms. The van der Waals surface area contributed by atoms with Crippen molar-refractivity contribution in [1.82, 2.24) is 0 Å². The van der Waals surface area contributed by atoms with E-state index in [-0.39, 0.29) is 101 Å². The Bertz CT molecular complexity index is 1970. The van der Waals surface area contributed by atoms with Gasteiger partial charge in [0.1, 0.15) is 11.7 Å². The predicted molar refractivity (Wildman–Crippen MR) is 297 cm³/mol. The molecule has 1 spiro atoms. The van der Waals surface area contributed by atoms with Crippen LogP contribution in [0.2, 0.25) is 52.9 Å². The molecule has 8 rings (SSSR count). The standard InChI is InChI=1S/C59H104O11Si3/c1-35(2)73(36(3)4,37(5)6)70-53-40(9)51-48(64-52-39(8)41(10)59(67-54(52)53)33-43(34-61-59)68-71(18,19)56(11,12)13)31-45-44(63-51)29-38(7)30-47-46(62-45)32-50(69-72(20,21)57(14,15)16)58(17,66-47)49-27-28-60-55(65-49)42-25-23-22-24-26-42/h22-26,35-41,43-55H,27-34H2,1-21H3/t38?,39-,40+,41-,43-,44-,45+,46-,47+,48-,49+,50+,51+,52+,53-,54+,55?,58-,59+/m0/s1. The Labute approximate surface area is 446 Å². The third kappa shape index (κ3) is 11.2. The minimum Gasteiger partial charge on any atom is -0.411 e. The normalized spacial score (nSPS) is 42.2. The van der Waals surface area contributed by atoms with Gasteiger partial charge in [-0.15, -0.1) is 0 Å². The van der Waals surface area contributed by atoms with Crippen LogP contribution >= 0.6 is 0 Å². The molecule has 1 aromatic rings. The van der Waals surface area contributed by atoms with Gasteiger partial charge in [0, 0.05) is 43.1 Å².